The zero-order chi connectivity index (χ0) is 16.1. The monoisotopic (exact) mass is 332 g/mol. The van der Waals surface area contributed by atoms with Crippen molar-refractivity contribution in [2.75, 3.05) is 36.5 Å². The van der Waals surface area contributed by atoms with Crippen LogP contribution in [0.1, 0.15) is 31.2 Å². The zero-order valence-electron chi connectivity index (χ0n) is 14.1. The topological polar surface area (TPSA) is 53.6 Å². The highest BCUT2D eigenvalue weighted by atomic mass is 32.2. The van der Waals surface area contributed by atoms with E-state index in [4.69, 9.17) is 10.7 Å². The van der Waals surface area contributed by atoms with Crippen molar-refractivity contribution in [1.29, 1.82) is 0 Å². The second-order valence-corrected chi connectivity index (χ2v) is 7.95. The van der Waals surface area contributed by atoms with Gasteiger partial charge in [-0.05, 0) is 37.5 Å². The molecular formula is C18H28N4S. The summed E-state index contributed by atoms with van der Waals surface area (Å²) in [6.45, 7) is 5.31. The van der Waals surface area contributed by atoms with Crippen LogP contribution in [0.5, 0.6) is 0 Å². The molecule has 4 nitrogen and oxygen atoms in total. The van der Waals surface area contributed by atoms with E-state index in [1.165, 1.54) is 55.8 Å². The lowest BCUT2D eigenvalue weighted by Gasteiger charge is -2.42. The molecule has 2 fully saturated rings. The molecule has 23 heavy (non-hydrogen) atoms. The van der Waals surface area contributed by atoms with Crippen LogP contribution >= 0.6 is 11.8 Å². The van der Waals surface area contributed by atoms with E-state index < -0.39 is 0 Å². The lowest BCUT2D eigenvalue weighted by atomic mass is 9.95. The van der Waals surface area contributed by atoms with Crippen molar-refractivity contribution in [2.24, 2.45) is 10.7 Å². The molecule has 1 aliphatic heterocycles. The molecule has 5 heteroatoms. The van der Waals surface area contributed by atoms with Gasteiger partial charge in [-0.1, -0.05) is 25.0 Å². The van der Waals surface area contributed by atoms with Gasteiger partial charge in [0.05, 0.1) is 6.54 Å². The number of nitrogens with zero attached hydrogens (tertiary/aromatic N) is 2. The fourth-order valence-electron chi connectivity index (χ4n) is 3.79. The van der Waals surface area contributed by atoms with Crippen molar-refractivity contribution in [3.05, 3.63) is 29.8 Å². The molecule has 1 aromatic carbocycles. The number of benzene rings is 1. The number of rotatable bonds is 4. The number of anilines is 1. The summed E-state index contributed by atoms with van der Waals surface area (Å²) in [5, 5.41) is 3.23. The average molecular weight is 333 g/mol. The van der Waals surface area contributed by atoms with Crippen LogP contribution in [0.4, 0.5) is 5.69 Å². The lowest BCUT2D eigenvalue weighted by molar-refractivity contribution is 0.112. The first-order valence-electron chi connectivity index (χ1n) is 8.64. The van der Waals surface area contributed by atoms with Gasteiger partial charge in [0.25, 0.3) is 0 Å². The Morgan fingerprint density at radius 3 is 2.74 bits per heavy atom. The molecule has 1 aliphatic carbocycles. The molecule has 0 unspecified atom stereocenters. The van der Waals surface area contributed by atoms with Gasteiger partial charge in [-0.3, -0.25) is 9.89 Å². The largest absolute Gasteiger partial charge is 0.370 e. The summed E-state index contributed by atoms with van der Waals surface area (Å²) in [7, 11) is 0. The summed E-state index contributed by atoms with van der Waals surface area (Å²) >= 11 is 2.07. The standard InChI is InChI=1S/C18H28N4S/c1-15-5-4-6-16(13-15)21-17(19)20-14-18(7-2-3-8-18)22-9-11-23-12-10-22/h4-6,13H,2-3,7-12,14H2,1H3,(H3,19,20,21). The third kappa shape index (κ3) is 4.21. The van der Waals surface area contributed by atoms with E-state index in [1.807, 2.05) is 12.1 Å². The molecule has 0 atom stereocenters. The van der Waals surface area contributed by atoms with Crippen molar-refractivity contribution >= 4 is 23.4 Å². The van der Waals surface area contributed by atoms with E-state index in [2.05, 4.69) is 41.0 Å². The first kappa shape index (κ1) is 16.7. The maximum Gasteiger partial charge on any atom is 0.193 e. The van der Waals surface area contributed by atoms with E-state index in [9.17, 15) is 0 Å². The quantitative estimate of drug-likeness (QED) is 0.657. The second kappa shape index (κ2) is 7.58. The molecule has 0 aromatic heterocycles. The van der Waals surface area contributed by atoms with Gasteiger partial charge in [-0.2, -0.15) is 11.8 Å². The maximum absolute atomic E-state index is 6.14. The van der Waals surface area contributed by atoms with Gasteiger partial charge in [-0.25, -0.2) is 0 Å². The fourth-order valence-corrected chi connectivity index (χ4v) is 4.69. The van der Waals surface area contributed by atoms with Gasteiger partial charge in [0.2, 0.25) is 0 Å². The van der Waals surface area contributed by atoms with Gasteiger partial charge < -0.3 is 11.1 Å². The number of hydrogen-bond donors (Lipinski definition) is 2. The number of hydrogen-bond acceptors (Lipinski definition) is 3. The Morgan fingerprint density at radius 2 is 2.04 bits per heavy atom. The van der Waals surface area contributed by atoms with Crippen molar-refractivity contribution in [3.63, 3.8) is 0 Å². The Bertz CT molecular complexity index is 546. The normalized spacial score (nSPS) is 22.2. The molecule has 0 bridgehead atoms. The summed E-state index contributed by atoms with van der Waals surface area (Å²) < 4.78 is 0. The van der Waals surface area contributed by atoms with Gasteiger partial charge in [0, 0.05) is 35.8 Å². The van der Waals surface area contributed by atoms with Crippen LogP contribution in [-0.4, -0.2) is 47.5 Å². The first-order valence-corrected chi connectivity index (χ1v) is 9.80. The molecular weight excluding hydrogens is 304 g/mol. The number of aliphatic imine (C=N–C) groups is 1. The van der Waals surface area contributed by atoms with Gasteiger partial charge in [0.15, 0.2) is 5.96 Å². The molecule has 126 valence electrons. The van der Waals surface area contributed by atoms with E-state index in [0.717, 1.165) is 12.2 Å². The molecule has 0 radical (unpaired) electrons. The molecule has 3 rings (SSSR count). The van der Waals surface area contributed by atoms with Crippen molar-refractivity contribution in [1.82, 2.24) is 4.90 Å². The van der Waals surface area contributed by atoms with E-state index >= 15 is 0 Å². The molecule has 3 N–H and O–H groups in total. The van der Waals surface area contributed by atoms with E-state index in [-0.39, 0.29) is 5.54 Å². The summed E-state index contributed by atoms with van der Waals surface area (Å²) in [5.41, 5.74) is 8.63. The van der Waals surface area contributed by atoms with Crippen LogP contribution in [-0.2, 0) is 0 Å². The summed E-state index contributed by atoms with van der Waals surface area (Å²) in [4.78, 5) is 7.39. The molecule has 1 heterocycles. The van der Waals surface area contributed by atoms with Crippen LogP contribution < -0.4 is 11.1 Å². The SMILES string of the molecule is Cc1cccc(NC(N)=NCC2(N3CCSCC3)CCCC2)c1. The highest BCUT2D eigenvalue weighted by Crippen LogP contribution is 2.37. The molecule has 2 aliphatic rings. The zero-order valence-corrected chi connectivity index (χ0v) is 14.9. The van der Waals surface area contributed by atoms with E-state index in [1.54, 1.807) is 0 Å². The van der Waals surface area contributed by atoms with Crippen molar-refractivity contribution < 1.29 is 0 Å². The van der Waals surface area contributed by atoms with Crippen LogP contribution in [0, 0.1) is 6.92 Å². The Kier molecular flexibility index (Phi) is 5.49. The number of aryl methyl sites for hydroxylation is 1. The third-order valence-electron chi connectivity index (χ3n) is 5.05. The minimum Gasteiger partial charge on any atom is -0.370 e. The smallest absolute Gasteiger partial charge is 0.193 e. The van der Waals surface area contributed by atoms with Crippen molar-refractivity contribution in [2.45, 2.75) is 38.1 Å². The minimum atomic E-state index is 0.250. The molecule has 0 amide bonds. The van der Waals surface area contributed by atoms with Gasteiger partial charge in [-0.15, -0.1) is 0 Å². The third-order valence-corrected chi connectivity index (χ3v) is 5.99. The summed E-state index contributed by atoms with van der Waals surface area (Å²) in [5.74, 6) is 3.04. The number of nitrogens with one attached hydrogen (secondary N) is 1. The van der Waals surface area contributed by atoms with Crippen LogP contribution in [0.25, 0.3) is 0 Å². The second-order valence-electron chi connectivity index (χ2n) is 6.73. The minimum absolute atomic E-state index is 0.250. The highest BCUT2D eigenvalue weighted by molar-refractivity contribution is 7.99. The predicted molar refractivity (Wildman–Crippen MR) is 101 cm³/mol. The Labute approximate surface area is 143 Å². The Balaban J connectivity index is 1.65. The Morgan fingerprint density at radius 1 is 1.30 bits per heavy atom. The van der Waals surface area contributed by atoms with Crippen LogP contribution in [0.3, 0.4) is 0 Å². The maximum atomic E-state index is 6.14. The first-order chi connectivity index (χ1) is 11.2. The van der Waals surface area contributed by atoms with Gasteiger partial charge >= 0.3 is 0 Å². The summed E-state index contributed by atoms with van der Waals surface area (Å²) in [6, 6.07) is 8.24. The van der Waals surface area contributed by atoms with E-state index in [0.29, 0.717) is 5.96 Å². The lowest BCUT2D eigenvalue weighted by Crippen LogP contribution is -2.52. The van der Waals surface area contributed by atoms with Crippen LogP contribution in [0.2, 0.25) is 0 Å². The highest BCUT2D eigenvalue weighted by Gasteiger charge is 2.39. The Hall–Kier alpha value is -1.20. The fraction of sp³-hybridized carbons (Fsp3) is 0.611. The molecule has 1 saturated heterocycles. The molecule has 1 aromatic rings. The van der Waals surface area contributed by atoms with Gasteiger partial charge in [0.1, 0.15) is 0 Å². The number of guanidine groups is 1. The molecule has 1 saturated carbocycles. The summed E-state index contributed by atoms with van der Waals surface area (Å²) in [6.07, 6.45) is 5.17. The average Bonchev–Trinajstić information content (AvgIpc) is 3.04. The number of nitrogens with two attached hydrogens (primary N) is 1. The predicted octanol–water partition coefficient (Wildman–Crippen LogP) is 3.08. The number of thioether (sulfide) groups is 1. The van der Waals surface area contributed by atoms with Crippen molar-refractivity contribution in [3.8, 4) is 0 Å². The van der Waals surface area contributed by atoms with Crippen LogP contribution in [0.15, 0.2) is 29.3 Å². The molecule has 0 spiro atoms.